The molecule has 0 radical (unpaired) electrons. The van der Waals surface area contributed by atoms with Crippen LogP contribution in [0.15, 0.2) is 10.6 Å². The molecule has 1 amide bonds. The Bertz CT molecular complexity index is 625. The minimum Gasteiger partial charge on any atom is -0.466 e. The number of furan rings is 1. The average molecular weight is 262 g/mol. The zero-order valence-corrected chi connectivity index (χ0v) is 11.6. The molecule has 0 unspecified atom stereocenters. The molecule has 0 spiro atoms. The minimum absolute atomic E-state index is 0.222. The second-order valence-electron chi connectivity index (χ2n) is 4.55. The smallest absolute Gasteiger partial charge is 0.260 e. The van der Waals surface area contributed by atoms with E-state index in [1.54, 1.807) is 24.9 Å². The molecule has 2 heterocycles. The van der Waals surface area contributed by atoms with Crippen LogP contribution in [0.5, 0.6) is 0 Å². The molecule has 0 fully saturated rings. The van der Waals surface area contributed by atoms with Gasteiger partial charge in [-0.15, -0.1) is 0 Å². The van der Waals surface area contributed by atoms with Gasteiger partial charge in [-0.1, -0.05) is 0 Å². The van der Waals surface area contributed by atoms with Crippen LogP contribution in [0.3, 0.4) is 0 Å². The summed E-state index contributed by atoms with van der Waals surface area (Å²) < 4.78 is 7.08. The molecular formula is C13H18N4O2. The fourth-order valence-corrected chi connectivity index (χ4v) is 2.09. The molecule has 0 aromatic carbocycles. The van der Waals surface area contributed by atoms with Crippen molar-refractivity contribution in [3.05, 3.63) is 34.4 Å². The Morgan fingerprint density at radius 2 is 2.11 bits per heavy atom. The van der Waals surface area contributed by atoms with E-state index < -0.39 is 0 Å². The van der Waals surface area contributed by atoms with Gasteiger partial charge in [-0.2, -0.15) is 5.10 Å². The number of carbonyl (C=O) groups excluding carboxylic acids is 1. The van der Waals surface area contributed by atoms with Crippen LogP contribution in [-0.4, -0.2) is 15.7 Å². The molecule has 3 N–H and O–H groups in total. The Balaban J connectivity index is 2.30. The lowest BCUT2D eigenvalue weighted by molar-refractivity contribution is 0.102. The summed E-state index contributed by atoms with van der Waals surface area (Å²) >= 11 is 0. The summed E-state index contributed by atoms with van der Waals surface area (Å²) in [4.78, 5) is 12.3. The maximum Gasteiger partial charge on any atom is 0.260 e. The van der Waals surface area contributed by atoms with E-state index in [9.17, 15) is 4.79 Å². The van der Waals surface area contributed by atoms with Crippen molar-refractivity contribution in [3.63, 3.8) is 0 Å². The van der Waals surface area contributed by atoms with Crippen molar-refractivity contribution in [1.82, 2.24) is 9.78 Å². The number of nitrogens with two attached hydrogens (primary N) is 1. The summed E-state index contributed by atoms with van der Waals surface area (Å²) in [5, 5.41) is 6.97. The first-order valence-corrected chi connectivity index (χ1v) is 6.04. The van der Waals surface area contributed by atoms with Crippen molar-refractivity contribution < 1.29 is 9.21 Å². The predicted octanol–water partition coefficient (Wildman–Crippen LogP) is 1.65. The van der Waals surface area contributed by atoms with E-state index in [1.807, 2.05) is 13.8 Å². The SMILES string of the molecule is Cc1oc(C)c(C(=O)Nc2nn(C)cc2CN)c1C. The topological polar surface area (TPSA) is 86.1 Å². The molecule has 0 aliphatic rings. The van der Waals surface area contributed by atoms with Crippen molar-refractivity contribution in [2.24, 2.45) is 12.8 Å². The fraction of sp³-hybridized carbons (Fsp3) is 0.385. The van der Waals surface area contributed by atoms with Gasteiger partial charge >= 0.3 is 0 Å². The molecule has 0 saturated heterocycles. The van der Waals surface area contributed by atoms with E-state index in [0.29, 0.717) is 23.7 Å². The number of amides is 1. The molecule has 2 aromatic rings. The predicted molar refractivity (Wildman–Crippen MR) is 72.0 cm³/mol. The van der Waals surface area contributed by atoms with Crippen molar-refractivity contribution in [1.29, 1.82) is 0 Å². The fourth-order valence-electron chi connectivity index (χ4n) is 2.09. The van der Waals surface area contributed by atoms with Crippen LogP contribution >= 0.6 is 0 Å². The number of aryl methyl sites for hydroxylation is 3. The molecule has 6 heteroatoms. The molecule has 2 aromatic heterocycles. The van der Waals surface area contributed by atoms with Crippen LogP contribution in [0, 0.1) is 20.8 Å². The first-order chi connectivity index (χ1) is 8.93. The van der Waals surface area contributed by atoms with E-state index in [0.717, 1.165) is 16.9 Å². The van der Waals surface area contributed by atoms with Gasteiger partial charge in [-0.3, -0.25) is 9.48 Å². The highest BCUT2D eigenvalue weighted by Crippen LogP contribution is 2.22. The van der Waals surface area contributed by atoms with E-state index in [2.05, 4.69) is 10.4 Å². The van der Waals surface area contributed by atoms with Crippen LogP contribution in [0.4, 0.5) is 5.82 Å². The maximum atomic E-state index is 12.3. The molecule has 102 valence electrons. The lowest BCUT2D eigenvalue weighted by Crippen LogP contribution is -2.15. The van der Waals surface area contributed by atoms with Gasteiger partial charge in [-0.25, -0.2) is 0 Å². The zero-order chi connectivity index (χ0) is 14.2. The molecule has 0 aliphatic carbocycles. The summed E-state index contributed by atoms with van der Waals surface area (Å²) in [5.74, 6) is 1.63. The third-order valence-corrected chi connectivity index (χ3v) is 3.14. The van der Waals surface area contributed by atoms with Gasteiger partial charge in [0.25, 0.3) is 5.91 Å². The quantitative estimate of drug-likeness (QED) is 0.880. The van der Waals surface area contributed by atoms with Crippen molar-refractivity contribution >= 4 is 11.7 Å². The number of rotatable bonds is 3. The first kappa shape index (κ1) is 13.4. The van der Waals surface area contributed by atoms with E-state index in [1.165, 1.54) is 0 Å². The van der Waals surface area contributed by atoms with Crippen molar-refractivity contribution in [2.75, 3.05) is 5.32 Å². The Morgan fingerprint density at radius 3 is 2.63 bits per heavy atom. The summed E-state index contributed by atoms with van der Waals surface area (Å²) in [6, 6.07) is 0. The third-order valence-electron chi connectivity index (χ3n) is 3.14. The average Bonchev–Trinajstić information content (AvgIpc) is 2.80. The third kappa shape index (κ3) is 2.39. The van der Waals surface area contributed by atoms with Gasteiger partial charge in [0, 0.05) is 30.9 Å². The van der Waals surface area contributed by atoms with Gasteiger partial charge < -0.3 is 15.5 Å². The summed E-state index contributed by atoms with van der Waals surface area (Å²) in [6.07, 6.45) is 1.79. The summed E-state index contributed by atoms with van der Waals surface area (Å²) in [6.45, 7) is 5.80. The van der Waals surface area contributed by atoms with E-state index in [-0.39, 0.29) is 5.91 Å². The Labute approximate surface area is 111 Å². The number of aromatic nitrogens is 2. The Hall–Kier alpha value is -2.08. The summed E-state index contributed by atoms with van der Waals surface area (Å²) in [7, 11) is 1.79. The molecule has 19 heavy (non-hydrogen) atoms. The molecule has 0 bridgehead atoms. The zero-order valence-electron chi connectivity index (χ0n) is 11.6. The molecule has 0 aliphatic heterocycles. The normalized spacial score (nSPS) is 10.8. The van der Waals surface area contributed by atoms with Gasteiger partial charge in [-0.05, 0) is 20.8 Å². The number of carbonyl (C=O) groups is 1. The lowest BCUT2D eigenvalue weighted by atomic mass is 10.1. The van der Waals surface area contributed by atoms with Crippen LogP contribution in [-0.2, 0) is 13.6 Å². The van der Waals surface area contributed by atoms with E-state index >= 15 is 0 Å². The van der Waals surface area contributed by atoms with Gasteiger partial charge in [0.05, 0.1) is 5.56 Å². The Morgan fingerprint density at radius 1 is 1.42 bits per heavy atom. The highest BCUT2D eigenvalue weighted by molar-refractivity contribution is 6.06. The molecule has 0 saturated carbocycles. The van der Waals surface area contributed by atoms with Crippen LogP contribution in [0.2, 0.25) is 0 Å². The van der Waals surface area contributed by atoms with Crippen LogP contribution in [0.25, 0.3) is 0 Å². The lowest BCUT2D eigenvalue weighted by Gasteiger charge is -2.04. The number of anilines is 1. The number of nitrogens with zero attached hydrogens (tertiary/aromatic N) is 2. The van der Waals surface area contributed by atoms with Crippen molar-refractivity contribution in [2.45, 2.75) is 27.3 Å². The van der Waals surface area contributed by atoms with Gasteiger partial charge in [0.2, 0.25) is 0 Å². The number of hydrogen-bond acceptors (Lipinski definition) is 4. The molecule has 6 nitrogen and oxygen atoms in total. The molecule has 0 atom stereocenters. The largest absolute Gasteiger partial charge is 0.466 e. The standard InChI is InChI=1S/C13H18N4O2/c1-7-8(2)19-9(3)11(7)13(18)15-12-10(5-14)6-17(4)16-12/h6H,5,14H2,1-4H3,(H,15,16,18). The molecule has 2 rings (SSSR count). The highest BCUT2D eigenvalue weighted by Gasteiger charge is 2.20. The molecular weight excluding hydrogens is 244 g/mol. The van der Waals surface area contributed by atoms with E-state index in [4.69, 9.17) is 10.2 Å². The Kier molecular flexibility index (Phi) is 3.44. The summed E-state index contributed by atoms with van der Waals surface area (Å²) in [5.41, 5.74) is 7.83. The second-order valence-corrected chi connectivity index (χ2v) is 4.55. The monoisotopic (exact) mass is 262 g/mol. The number of nitrogens with one attached hydrogen (secondary N) is 1. The number of hydrogen-bond donors (Lipinski definition) is 2. The van der Waals surface area contributed by atoms with Crippen LogP contribution < -0.4 is 11.1 Å². The van der Waals surface area contributed by atoms with Gasteiger partial charge in [0.1, 0.15) is 11.5 Å². The first-order valence-electron chi connectivity index (χ1n) is 6.04. The maximum absolute atomic E-state index is 12.3. The van der Waals surface area contributed by atoms with Crippen LogP contribution in [0.1, 0.15) is 33.0 Å². The second kappa shape index (κ2) is 4.89. The van der Waals surface area contributed by atoms with Gasteiger partial charge in [0.15, 0.2) is 5.82 Å². The minimum atomic E-state index is -0.222. The van der Waals surface area contributed by atoms with Crippen molar-refractivity contribution in [3.8, 4) is 0 Å². The highest BCUT2D eigenvalue weighted by atomic mass is 16.3.